The van der Waals surface area contributed by atoms with Crippen molar-refractivity contribution in [3.05, 3.63) is 16.6 Å². The zero-order valence-corrected chi connectivity index (χ0v) is 11.2. The number of ether oxygens (including phenoxy) is 1. The molecule has 0 N–H and O–H groups in total. The van der Waals surface area contributed by atoms with Crippen LogP contribution in [0.5, 0.6) is 5.75 Å². The fraction of sp³-hybridized carbons (Fsp3) is 0.455. The third-order valence-electron chi connectivity index (χ3n) is 2.33. The van der Waals surface area contributed by atoms with E-state index in [1.54, 1.807) is 7.11 Å². The third-order valence-corrected chi connectivity index (χ3v) is 2.97. The van der Waals surface area contributed by atoms with E-state index in [2.05, 4.69) is 40.1 Å². The zero-order chi connectivity index (χ0) is 11.7. The van der Waals surface area contributed by atoms with Gasteiger partial charge in [-0.1, -0.05) is 19.1 Å². The van der Waals surface area contributed by atoms with E-state index in [4.69, 9.17) is 4.74 Å². The fourth-order valence-corrected chi connectivity index (χ4v) is 2.19. The topological polar surface area (TPSA) is 39.9 Å². The molecule has 1 aromatic heterocycles. The number of fused-ring (bicyclic) bond motifs is 1. The van der Waals surface area contributed by atoms with Crippen LogP contribution in [-0.4, -0.2) is 22.1 Å². The van der Waals surface area contributed by atoms with E-state index in [9.17, 15) is 0 Å². The highest BCUT2D eigenvalue weighted by atomic mass is 79.9. The van der Waals surface area contributed by atoms with Crippen LogP contribution in [0.25, 0.3) is 11.0 Å². The maximum atomic E-state index is 5.26. The second-order valence-electron chi connectivity index (χ2n) is 4.11. The second kappa shape index (κ2) is 4.41. The maximum absolute atomic E-state index is 5.26. The van der Waals surface area contributed by atoms with Crippen LogP contribution in [0.4, 0.5) is 0 Å². The van der Waals surface area contributed by atoms with E-state index >= 15 is 0 Å². The molecule has 5 heteroatoms. The van der Waals surface area contributed by atoms with Gasteiger partial charge in [0, 0.05) is 11.0 Å². The van der Waals surface area contributed by atoms with Crippen LogP contribution < -0.4 is 4.74 Å². The number of hydrogen-bond acceptors (Lipinski definition) is 3. The summed E-state index contributed by atoms with van der Waals surface area (Å²) < 4.78 is 8.17. The normalized spacial score (nSPS) is 11.3. The molecule has 0 saturated heterocycles. The van der Waals surface area contributed by atoms with Gasteiger partial charge in [-0.15, -0.1) is 5.10 Å². The zero-order valence-electron chi connectivity index (χ0n) is 9.57. The Hall–Kier alpha value is -1.10. The highest BCUT2D eigenvalue weighted by Gasteiger charge is 2.13. The molecule has 0 unspecified atom stereocenters. The van der Waals surface area contributed by atoms with Crippen LogP contribution >= 0.6 is 15.9 Å². The van der Waals surface area contributed by atoms with Crippen LogP contribution in [-0.2, 0) is 6.54 Å². The number of aromatic nitrogens is 3. The van der Waals surface area contributed by atoms with E-state index in [1.165, 1.54) is 0 Å². The minimum Gasteiger partial charge on any atom is -0.494 e. The molecule has 1 aromatic carbocycles. The van der Waals surface area contributed by atoms with Crippen LogP contribution in [0.2, 0.25) is 0 Å². The Bertz CT molecular complexity index is 507. The molecule has 16 heavy (non-hydrogen) atoms. The summed E-state index contributed by atoms with van der Waals surface area (Å²) in [4.78, 5) is 0. The molecule has 0 radical (unpaired) electrons. The molecular formula is C11H14BrN3O. The van der Waals surface area contributed by atoms with Gasteiger partial charge in [0.25, 0.3) is 0 Å². The van der Waals surface area contributed by atoms with Gasteiger partial charge >= 0.3 is 0 Å². The van der Waals surface area contributed by atoms with E-state index in [1.807, 2.05) is 16.8 Å². The van der Waals surface area contributed by atoms with Gasteiger partial charge in [0.1, 0.15) is 11.3 Å². The molecule has 0 aliphatic rings. The molecule has 0 aliphatic heterocycles. The van der Waals surface area contributed by atoms with Crippen LogP contribution in [0, 0.1) is 5.92 Å². The molecule has 0 spiro atoms. The minimum atomic E-state index is 0.531. The van der Waals surface area contributed by atoms with Gasteiger partial charge in [-0.05, 0) is 34.0 Å². The molecule has 2 rings (SSSR count). The molecule has 0 amide bonds. The second-order valence-corrected chi connectivity index (χ2v) is 4.97. The van der Waals surface area contributed by atoms with Gasteiger partial charge < -0.3 is 4.74 Å². The van der Waals surface area contributed by atoms with Crippen molar-refractivity contribution < 1.29 is 4.74 Å². The number of hydrogen-bond donors (Lipinski definition) is 0. The Morgan fingerprint density at radius 1 is 1.44 bits per heavy atom. The minimum absolute atomic E-state index is 0.531. The first-order chi connectivity index (χ1) is 7.63. The predicted molar refractivity (Wildman–Crippen MR) is 66.6 cm³/mol. The van der Waals surface area contributed by atoms with Crippen molar-refractivity contribution in [1.82, 2.24) is 15.0 Å². The Labute approximate surface area is 103 Å². The van der Waals surface area contributed by atoms with Gasteiger partial charge in [-0.2, -0.15) is 0 Å². The highest BCUT2D eigenvalue weighted by Crippen LogP contribution is 2.30. The number of benzene rings is 1. The van der Waals surface area contributed by atoms with Crippen molar-refractivity contribution in [1.29, 1.82) is 0 Å². The molecule has 0 bridgehead atoms. The Kier molecular flexibility index (Phi) is 3.14. The monoisotopic (exact) mass is 283 g/mol. The van der Waals surface area contributed by atoms with Crippen molar-refractivity contribution in [3.8, 4) is 5.75 Å². The smallest absolute Gasteiger partial charge is 0.156 e. The predicted octanol–water partition coefficient (Wildman–Crippen LogP) is 2.86. The third kappa shape index (κ3) is 1.91. The average Bonchev–Trinajstić information content (AvgIpc) is 2.63. The van der Waals surface area contributed by atoms with Gasteiger partial charge in [-0.25, -0.2) is 4.68 Å². The summed E-state index contributed by atoms with van der Waals surface area (Å²) in [7, 11) is 1.64. The largest absolute Gasteiger partial charge is 0.494 e. The van der Waals surface area contributed by atoms with Crippen molar-refractivity contribution in [2.45, 2.75) is 20.4 Å². The number of halogens is 1. The van der Waals surface area contributed by atoms with E-state index < -0.39 is 0 Å². The average molecular weight is 284 g/mol. The van der Waals surface area contributed by atoms with Gasteiger partial charge in [0.15, 0.2) is 5.52 Å². The van der Waals surface area contributed by atoms with Gasteiger partial charge in [0.05, 0.1) is 7.11 Å². The summed E-state index contributed by atoms with van der Waals surface area (Å²) in [6.45, 7) is 5.16. The number of methoxy groups -OCH3 is 1. The summed E-state index contributed by atoms with van der Waals surface area (Å²) in [5, 5.41) is 8.32. The van der Waals surface area contributed by atoms with Crippen LogP contribution in [0.1, 0.15) is 13.8 Å². The van der Waals surface area contributed by atoms with Crippen molar-refractivity contribution in [3.63, 3.8) is 0 Å². The number of nitrogens with zero attached hydrogens (tertiary/aromatic N) is 3. The number of rotatable bonds is 3. The first kappa shape index (κ1) is 11.4. The standard InChI is InChI=1S/C11H14BrN3O/c1-7(2)6-15-11-8(12)4-5-9(16-3)10(11)13-14-15/h4-5,7H,6H2,1-3H3. The Morgan fingerprint density at radius 2 is 2.19 bits per heavy atom. The van der Waals surface area contributed by atoms with Crippen molar-refractivity contribution >= 4 is 27.0 Å². The first-order valence-electron chi connectivity index (χ1n) is 5.19. The fourth-order valence-electron chi connectivity index (χ4n) is 1.66. The van der Waals surface area contributed by atoms with Crippen LogP contribution in [0.3, 0.4) is 0 Å². The molecule has 0 aliphatic carbocycles. The summed E-state index contributed by atoms with van der Waals surface area (Å²) >= 11 is 3.52. The lowest BCUT2D eigenvalue weighted by Gasteiger charge is -2.07. The van der Waals surface area contributed by atoms with E-state index in [-0.39, 0.29) is 0 Å². The van der Waals surface area contributed by atoms with Crippen molar-refractivity contribution in [2.75, 3.05) is 7.11 Å². The maximum Gasteiger partial charge on any atom is 0.156 e. The lowest BCUT2D eigenvalue weighted by atomic mass is 10.2. The molecule has 0 fully saturated rings. The van der Waals surface area contributed by atoms with Crippen LogP contribution in [0.15, 0.2) is 16.6 Å². The van der Waals surface area contributed by atoms with E-state index in [0.717, 1.165) is 27.8 Å². The SMILES string of the molecule is COc1ccc(Br)c2c1nnn2CC(C)C. The molecule has 0 atom stereocenters. The summed E-state index contributed by atoms with van der Waals surface area (Å²) in [6.07, 6.45) is 0. The lowest BCUT2D eigenvalue weighted by molar-refractivity contribution is 0.418. The molecule has 4 nitrogen and oxygen atoms in total. The van der Waals surface area contributed by atoms with Gasteiger partial charge in [-0.3, -0.25) is 0 Å². The quantitative estimate of drug-likeness (QED) is 0.870. The molecule has 86 valence electrons. The summed E-state index contributed by atoms with van der Waals surface area (Å²) in [5.41, 5.74) is 1.80. The summed E-state index contributed by atoms with van der Waals surface area (Å²) in [5.74, 6) is 1.29. The Morgan fingerprint density at radius 3 is 2.81 bits per heavy atom. The first-order valence-corrected chi connectivity index (χ1v) is 5.98. The summed E-state index contributed by atoms with van der Waals surface area (Å²) in [6, 6.07) is 3.85. The van der Waals surface area contributed by atoms with E-state index in [0.29, 0.717) is 5.92 Å². The van der Waals surface area contributed by atoms with Gasteiger partial charge in [0.2, 0.25) is 0 Å². The highest BCUT2D eigenvalue weighted by molar-refractivity contribution is 9.10. The van der Waals surface area contributed by atoms with Crippen molar-refractivity contribution in [2.24, 2.45) is 5.92 Å². The molecule has 2 aromatic rings. The Balaban J connectivity index is 2.61. The molecule has 0 saturated carbocycles. The molecule has 1 heterocycles. The lowest BCUT2D eigenvalue weighted by Crippen LogP contribution is -2.06. The molecular weight excluding hydrogens is 270 g/mol.